The van der Waals surface area contributed by atoms with Crippen LogP contribution in [0.2, 0.25) is 0 Å². The van der Waals surface area contributed by atoms with Gasteiger partial charge in [0.15, 0.2) is 0 Å². The van der Waals surface area contributed by atoms with Gasteiger partial charge in [0.25, 0.3) is 0 Å². The third-order valence-electron chi connectivity index (χ3n) is 11.9. The molecule has 2 heteroatoms. The average Bonchev–Trinajstić information content (AvgIpc) is 3.71. The molecule has 0 aliphatic heterocycles. The molecular weight excluding hydrogens is 689 g/mol. The Balaban J connectivity index is 0.959. The number of rotatable bonds is 4. The van der Waals surface area contributed by atoms with Gasteiger partial charge >= 0.3 is 0 Å². The van der Waals surface area contributed by atoms with E-state index < -0.39 is 0 Å². The summed E-state index contributed by atoms with van der Waals surface area (Å²) in [5.74, 6) is 7.03. The molecule has 268 valence electrons. The summed E-state index contributed by atoms with van der Waals surface area (Å²) in [4.78, 5) is 2.34. The van der Waals surface area contributed by atoms with E-state index in [9.17, 15) is 0 Å². The number of anilines is 3. The lowest BCUT2D eigenvalue weighted by Crippen LogP contribution is -2.16. The Bertz CT molecular complexity index is 3180. The fraction of sp³-hybridized carbons (Fsp3) is 0.0545. The summed E-state index contributed by atoms with van der Waals surface area (Å²) in [6.07, 6.45) is 0. The number of fused-ring (bicyclic) bond motifs is 9. The van der Waals surface area contributed by atoms with Gasteiger partial charge in [-0.05, 0) is 123 Å². The van der Waals surface area contributed by atoms with Crippen LogP contribution < -0.4 is 4.90 Å². The smallest absolute Gasteiger partial charge is 0.0588 e. The van der Waals surface area contributed by atoms with E-state index in [0.717, 1.165) is 28.2 Å². The molecule has 1 heterocycles. The lowest BCUT2D eigenvalue weighted by Gasteiger charge is -2.26. The minimum atomic E-state index is -0.223. The first-order valence-corrected chi connectivity index (χ1v) is 19.7. The van der Waals surface area contributed by atoms with Crippen molar-refractivity contribution >= 4 is 60.4 Å². The average molecular weight is 727 g/mol. The van der Waals surface area contributed by atoms with Crippen LogP contribution in [0.5, 0.6) is 0 Å². The highest BCUT2D eigenvalue weighted by Gasteiger charge is 2.38. The van der Waals surface area contributed by atoms with Gasteiger partial charge in [-0.25, -0.2) is 0 Å². The lowest BCUT2D eigenvalue weighted by atomic mass is 9.81. The molecule has 0 amide bonds. The van der Waals surface area contributed by atoms with Crippen LogP contribution in [0, 0.1) is 11.8 Å². The Morgan fingerprint density at radius 1 is 0.439 bits per heavy atom. The van der Waals surface area contributed by atoms with Crippen LogP contribution in [-0.2, 0) is 5.41 Å². The molecule has 0 spiro atoms. The van der Waals surface area contributed by atoms with Crippen LogP contribution in [0.1, 0.15) is 36.1 Å². The Kier molecular flexibility index (Phi) is 7.46. The van der Waals surface area contributed by atoms with Crippen molar-refractivity contribution in [2.75, 3.05) is 4.90 Å². The molecule has 2 nitrogen and oxygen atoms in total. The van der Waals surface area contributed by atoms with E-state index in [1.165, 1.54) is 71.3 Å². The van der Waals surface area contributed by atoms with Crippen molar-refractivity contribution in [2.24, 2.45) is 0 Å². The van der Waals surface area contributed by atoms with Gasteiger partial charge in [0.05, 0.1) is 11.0 Å². The molecule has 0 fully saturated rings. The first-order valence-electron chi connectivity index (χ1n) is 19.7. The topological polar surface area (TPSA) is 8.17 Å². The molecule has 0 radical (unpaired) electrons. The highest BCUT2D eigenvalue weighted by atomic mass is 15.1. The van der Waals surface area contributed by atoms with Gasteiger partial charge in [-0.15, -0.1) is 0 Å². The summed E-state index contributed by atoms with van der Waals surface area (Å²) < 4.78 is 2.46. The zero-order chi connectivity index (χ0) is 38.1. The number of aromatic nitrogens is 1. The summed E-state index contributed by atoms with van der Waals surface area (Å²) in [6, 6.07) is 70.1. The second-order valence-corrected chi connectivity index (χ2v) is 15.7. The molecule has 10 aromatic rings. The Labute approximate surface area is 332 Å². The summed E-state index contributed by atoms with van der Waals surface area (Å²) >= 11 is 0. The largest absolute Gasteiger partial charge is 0.310 e. The molecule has 0 saturated carbocycles. The van der Waals surface area contributed by atoms with Gasteiger partial charge in [0, 0.05) is 50.1 Å². The standard InChI is InChI=1S/C55H38N2/c1-55(2)51-34-38(24-31-47(51)49-32-33-50-48-18-10-11-19-52(48)57(54(50)53(49)55)43-16-4-3-5-17-43)21-20-37-22-27-44(28-23-37)56(45-29-25-39-12-6-8-14-41(39)35-45)46-30-26-40-13-7-9-15-42(40)36-46/h3-19,22-36H,1-2H3. The number of nitrogens with zero attached hydrogens (tertiary/aromatic N) is 2. The molecule has 0 unspecified atom stereocenters. The van der Waals surface area contributed by atoms with E-state index in [0.29, 0.717) is 0 Å². The van der Waals surface area contributed by atoms with E-state index in [2.05, 4.69) is 229 Å². The maximum absolute atomic E-state index is 3.53. The lowest BCUT2D eigenvalue weighted by molar-refractivity contribution is 0.663. The van der Waals surface area contributed by atoms with Crippen molar-refractivity contribution in [3.05, 3.63) is 216 Å². The number of para-hydroxylation sites is 2. The third-order valence-corrected chi connectivity index (χ3v) is 11.9. The van der Waals surface area contributed by atoms with Crippen molar-refractivity contribution < 1.29 is 0 Å². The SMILES string of the molecule is CC1(C)c2cc(C#Cc3ccc(N(c4ccc5ccccc5c4)c4ccc5ccccc5c4)cc3)ccc2-c2ccc3c4ccccc4n(-c4ccccc4)c3c21. The van der Waals surface area contributed by atoms with Crippen molar-refractivity contribution in [2.45, 2.75) is 19.3 Å². The first kappa shape index (κ1) is 33.0. The zero-order valence-electron chi connectivity index (χ0n) is 31.9. The molecule has 1 aliphatic rings. The summed E-state index contributed by atoms with van der Waals surface area (Å²) in [6.45, 7) is 4.74. The highest BCUT2D eigenvalue weighted by Crippen LogP contribution is 2.53. The molecule has 1 aliphatic carbocycles. The number of hydrogen-bond acceptors (Lipinski definition) is 1. The van der Waals surface area contributed by atoms with Crippen molar-refractivity contribution in [1.82, 2.24) is 4.57 Å². The number of hydrogen-bond donors (Lipinski definition) is 0. The Morgan fingerprint density at radius 2 is 1.00 bits per heavy atom. The van der Waals surface area contributed by atoms with Crippen LogP contribution in [0.15, 0.2) is 194 Å². The fourth-order valence-electron chi connectivity index (χ4n) is 9.19. The Hall–Kier alpha value is -7.34. The molecule has 1 aromatic heterocycles. The van der Waals surface area contributed by atoms with Crippen LogP contribution in [-0.4, -0.2) is 4.57 Å². The van der Waals surface area contributed by atoms with Crippen molar-refractivity contribution in [3.63, 3.8) is 0 Å². The van der Waals surface area contributed by atoms with Gasteiger partial charge in [-0.2, -0.15) is 0 Å². The second kappa shape index (κ2) is 12.9. The monoisotopic (exact) mass is 726 g/mol. The predicted molar refractivity (Wildman–Crippen MR) is 240 cm³/mol. The van der Waals surface area contributed by atoms with Gasteiger partial charge in [-0.3, -0.25) is 0 Å². The third kappa shape index (κ3) is 5.35. The van der Waals surface area contributed by atoms with Crippen molar-refractivity contribution in [1.29, 1.82) is 0 Å². The minimum absolute atomic E-state index is 0.223. The normalized spacial score (nSPS) is 12.7. The predicted octanol–water partition coefficient (Wildman–Crippen LogP) is 14.3. The highest BCUT2D eigenvalue weighted by molar-refractivity contribution is 6.13. The Morgan fingerprint density at radius 3 is 1.70 bits per heavy atom. The van der Waals surface area contributed by atoms with Gasteiger partial charge < -0.3 is 9.47 Å². The van der Waals surface area contributed by atoms with Gasteiger partial charge in [0.2, 0.25) is 0 Å². The van der Waals surface area contributed by atoms with Crippen molar-refractivity contribution in [3.8, 4) is 28.7 Å². The second-order valence-electron chi connectivity index (χ2n) is 15.7. The maximum atomic E-state index is 3.53. The van der Waals surface area contributed by atoms with Gasteiger partial charge in [0.1, 0.15) is 0 Å². The van der Waals surface area contributed by atoms with Gasteiger partial charge in [-0.1, -0.05) is 141 Å². The molecule has 57 heavy (non-hydrogen) atoms. The molecule has 0 atom stereocenters. The maximum Gasteiger partial charge on any atom is 0.0588 e. The summed E-state index contributed by atoms with van der Waals surface area (Å²) in [5, 5.41) is 7.46. The molecule has 0 saturated heterocycles. The molecule has 0 N–H and O–H groups in total. The number of benzene rings is 9. The quantitative estimate of drug-likeness (QED) is 0.164. The molecule has 0 bridgehead atoms. The van der Waals surface area contributed by atoms with E-state index in [1.54, 1.807) is 0 Å². The molecular formula is C55H38N2. The van der Waals surface area contributed by atoms with E-state index in [4.69, 9.17) is 0 Å². The van der Waals surface area contributed by atoms with E-state index in [1.807, 2.05) is 0 Å². The van der Waals surface area contributed by atoms with E-state index in [-0.39, 0.29) is 5.41 Å². The molecule has 9 aromatic carbocycles. The van der Waals surface area contributed by atoms with Crippen LogP contribution in [0.3, 0.4) is 0 Å². The summed E-state index contributed by atoms with van der Waals surface area (Å²) in [7, 11) is 0. The van der Waals surface area contributed by atoms with E-state index >= 15 is 0 Å². The zero-order valence-corrected chi connectivity index (χ0v) is 31.9. The van der Waals surface area contributed by atoms with Crippen LogP contribution in [0.25, 0.3) is 60.2 Å². The fourth-order valence-corrected chi connectivity index (χ4v) is 9.19. The summed E-state index contributed by atoms with van der Waals surface area (Å²) in [5.41, 5.74) is 14.1. The molecule has 11 rings (SSSR count). The van der Waals surface area contributed by atoms with Crippen LogP contribution in [0.4, 0.5) is 17.1 Å². The first-order chi connectivity index (χ1) is 28.0. The minimum Gasteiger partial charge on any atom is -0.310 e. The van der Waals surface area contributed by atoms with Crippen LogP contribution >= 0.6 is 0 Å².